The number of unbranched alkanes of at least 4 members (excludes halogenated alkanes) is 3. The smallest absolute Gasteiger partial charge is 0.265 e. The molecule has 0 heterocycles. The Bertz CT molecular complexity index is 250. The Morgan fingerprint density at radius 1 is 1.25 bits per heavy atom. The van der Waals surface area contributed by atoms with Crippen LogP contribution in [0.4, 0.5) is 8.78 Å². The van der Waals surface area contributed by atoms with Crippen molar-refractivity contribution in [3.63, 3.8) is 0 Å². The Morgan fingerprint density at radius 3 is 2.62 bits per heavy atom. The van der Waals surface area contributed by atoms with E-state index in [1.54, 1.807) is 12.2 Å². The summed E-state index contributed by atoms with van der Waals surface area (Å²) >= 11 is 0. The average molecular weight is 230 g/mol. The summed E-state index contributed by atoms with van der Waals surface area (Å²) in [7, 11) is 0. The number of alkyl halides is 2. The summed E-state index contributed by atoms with van der Waals surface area (Å²) in [6.07, 6.45) is 11.3. The molecule has 0 saturated carbocycles. The number of quaternary nitrogens is 1. The number of rotatable bonds is 7. The Morgan fingerprint density at radius 2 is 2.06 bits per heavy atom. The van der Waals surface area contributed by atoms with E-state index < -0.39 is 12.6 Å². The van der Waals surface area contributed by atoms with Gasteiger partial charge < -0.3 is 0 Å². The molecule has 0 spiro atoms. The fraction of sp³-hybridized carbons (Fsp3) is 0.692. The first-order chi connectivity index (χ1) is 7.73. The lowest BCUT2D eigenvalue weighted by atomic mass is 10.0. The van der Waals surface area contributed by atoms with Crippen LogP contribution >= 0.6 is 0 Å². The van der Waals surface area contributed by atoms with Crippen molar-refractivity contribution in [1.82, 2.24) is 0 Å². The zero-order valence-corrected chi connectivity index (χ0v) is 10.0. The van der Waals surface area contributed by atoms with Crippen molar-refractivity contribution in [2.24, 2.45) is 0 Å². The summed E-state index contributed by atoms with van der Waals surface area (Å²) in [5, 5.41) is 0. The minimum Gasteiger partial charge on any atom is -0.273 e. The van der Waals surface area contributed by atoms with Crippen molar-refractivity contribution in [2.45, 2.75) is 44.8 Å². The highest BCUT2D eigenvalue weighted by molar-refractivity contribution is 5.14. The van der Waals surface area contributed by atoms with Gasteiger partial charge in [0.1, 0.15) is 0 Å². The van der Waals surface area contributed by atoms with E-state index in [2.05, 4.69) is 6.92 Å². The second kappa shape index (κ2) is 6.79. The van der Waals surface area contributed by atoms with Crippen LogP contribution in [0.3, 0.4) is 0 Å². The Labute approximate surface area is 96.8 Å². The molecular weight excluding hydrogens is 208 g/mol. The number of allylic oxidation sites excluding steroid dienone is 2. The number of hydrogen-bond donors (Lipinski definition) is 1. The van der Waals surface area contributed by atoms with Crippen molar-refractivity contribution < 1.29 is 13.7 Å². The molecule has 1 aliphatic rings. The first kappa shape index (κ1) is 13.4. The maximum Gasteiger partial charge on any atom is 0.265 e. The Hall–Kier alpha value is -0.700. The summed E-state index contributed by atoms with van der Waals surface area (Å²) in [6, 6.07) is 0. The lowest BCUT2D eigenvalue weighted by molar-refractivity contribution is -0.973. The molecule has 0 fully saturated rings. The maximum absolute atomic E-state index is 14.3. The minimum absolute atomic E-state index is 0.288. The van der Waals surface area contributed by atoms with Gasteiger partial charge in [0.25, 0.3) is 5.79 Å². The molecule has 0 amide bonds. The topological polar surface area (TPSA) is 4.44 Å². The zero-order valence-electron chi connectivity index (χ0n) is 10.0. The van der Waals surface area contributed by atoms with Crippen LogP contribution in [0.15, 0.2) is 24.3 Å². The van der Waals surface area contributed by atoms with E-state index in [9.17, 15) is 8.78 Å². The molecule has 92 valence electrons. The molecule has 0 aromatic rings. The van der Waals surface area contributed by atoms with Crippen molar-refractivity contribution in [3.8, 4) is 0 Å². The molecule has 0 saturated heterocycles. The highest BCUT2D eigenvalue weighted by Crippen LogP contribution is 2.15. The lowest BCUT2D eigenvalue weighted by Gasteiger charge is -2.30. The standard InChI is InChI=1S/C13H21F2N/c1-2-3-4-8-11-16(12-14)13(15)9-6-5-7-10-13/h5-7,9H,2-4,8,10-12H2,1H3/p+1. The summed E-state index contributed by atoms with van der Waals surface area (Å²) in [5.41, 5.74) is 0. The highest BCUT2D eigenvalue weighted by Gasteiger charge is 2.37. The normalized spacial score (nSPS) is 25.9. The third-order valence-electron chi connectivity index (χ3n) is 3.10. The van der Waals surface area contributed by atoms with Crippen LogP contribution in [0.1, 0.15) is 39.0 Å². The van der Waals surface area contributed by atoms with E-state index in [-0.39, 0.29) is 6.42 Å². The summed E-state index contributed by atoms with van der Waals surface area (Å²) in [5.74, 6) is -1.53. The molecule has 2 atom stereocenters. The van der Waals surface area contributed by atoms with Gasteiger partial charge in [-0.1, -0.05) is 38.0 Å². The summed E-state index contributed by atoms with van der Waals surface area (Å²) in [6.45, 7) is 2.07. The molecule has 1 nitrogen and oxygen atoms in total. The molecule has 0 aromatic carbocycles. The van der Waals surface area contributed by atoms with Crippen LogP contribution in [0.5, 0.6) is 0 Å². The van der Waals surface area contributed by atoms with E-state index >= 15 is 0 Å². The van der Waals surface area contributed by atoms with Gasteiger partial charge in [0.05, 0.1) is 13.0 Å². The van der Waals surface area contributed by atoms with Gasteiger partial charge >= 0.3 is 0 Å². The predicted molar refractivity (Wildman–Crippen MR) is 62.7 cm³/mol. The van der Waals surface area contributed by atoms with Gasteiger partial charge in [-0.3, -0.25) is 4.90 Å². The molecule has 0 radical (unpaired) electrons. The summed E-state index contributed by atoms with van der Waals surface area (Å²) in [4.78, 5) is 0.407. The van der Waals surface area contributed by atoms with Gasteiger partial charge in [-0.05, 0) is 12.8 Å². The van der Waals surface area contributed by atoms with Crippen LogP contribution in [0.2, 0.25) is 0 Å². The van der Waals surface area contributed by atoms with Gasteiger partial charge in [-0.25, -0.2) is 0 Å². The monoisotopic (exact) mass is 230 g/mol. The predicted octanol–water partition coefficient (Wildman–Crippen LogP) is 2.56. The first-order valence-electron chi connectivity index (χ1n) is 6.17. The Kier molecular flexibility index (Phi) is 5.67. The molecule has 1 N–H and O–H groups in total. The number of hydrogen-bond acceptors (Lipinski definition) is 0. The van der Waals surface area contributed by atoms with E-state index in [1.165, 1.54) is 6.08 Å². The zero-order chi connectivity index (χ0) is 11.9. The SMILES string of the molecule is CCCCCC[NH+](CF)C1(F)C=CC=CC1. The van der Waals surface area contributed by atoms with Crippen LogP contribution in [0, 0.1) is 0 Å². The van der Waals surface area contributed by atoms with Gasteiger partial charge in [0, 0.05) is 6.08 Å². The third kappa shape index (κ3) is 3.71. The van der Waals surface area contributed by atoms with Crippen molar-refractivity contribution in [2.75, 3.05) is 13.3 Å². The minimum atomic E-state index is -1.53. The molecule has 16 heavy (non-hydrogen) atoms. The average Bonchev–Trinajstić information content (AvgIpc) is 2.30. The quantitative estimate of drug-likeness (QED) is 0.506. The van der Waals surface area contributed by atoms with Gasteiger partial charge in [0.15, 0.2) is 0 Å². The number of nitrogens with one attached hydrogen (secondary N) is 1. The maximum atomic E-state index is 14.3. The van der Waals surface area contributed by atoms with Crippen molar-refractivity contribution in [3.05, 3.63) is 24.3 Å². The van der Waals surface area contributed by atoms with E-state index in [4.69, 9.17) is 0 Å². The lowest BCUT2D eigenvalue weighted by Crippen LogP contribution is -3.18. The van der Waals surface area contributed by atoms with Gasteiger partial charge in [0.2, 0.25) is 6.80 Å². The molecule has 0 bridgehead atoms. The second-order valence-corrected chi connectivity index (χ2v) is 4.40. The molecule has 0 aromatic heterocycles. The molecule has 1 rings (SSSR count). The fourth-order valence-electron chi connectivity index (χ4n) is 2.01. The van der Waals surface area contributed by atoms with Gasteiger partial charge in [-0.2, -0.15) is 8.78 Å². The molecular formula is C13H22F2N+. The molecule has 1 aliphatic carbocycles. The molecule has 2 unspecified atom stereocenters. The first-order valence-corrected chi connectivity index (χ1v) is 6.17. The van der Waals surface area contributed by atoms with E-state index in [1.807, 2.05) is 6.08 Å². The van der Waals surface area contributed by atoms with E-state index in [0.717, 1.165) is 25.7 Å². The molecule has 0 aliphatic heterocycles. The highest BCUT2D eigenvalue weighted by atomic mass is 19.2. The Balaban J connectivity index is 2.40. The van der Waals surface area contributed by atoms with Crippen LogP contribution in [-0.2, 0) is 0 Å². The molecule has 3 heteroatoms. The van der Waals surface area contributed by atoms with E-state index in [0.29, 0.717) is 11.4 Å². The fourth-order valence-corrected chi connectivity index (χ4v) is 2.01. The van der Waals surface area contributed by atoms with Crippen LogP contribution < -0.4 is 4.90 Å². The number of halogens is 2. The van der Waals surface area contributed by atoms with Crippen LogP contribution in [-0.4, -0.2) is 19.1 Å². The van der Waals surface area contributed by atoms with Crippen molar-refractivity contribution in [1.29, 1.82) is 0 Å². The van der Waals surface area contributed by atoms with Crippen LogP contribution in [0.25, 0.3) is 0 Å². The van der Waals surface area contributed by atoms with Gasteiger partial charge in [-0.15, -0.1) is 0 Å². The third-order valence-corrected chi connectivity index (χ3v) is 3.10. The summed E-state index contributed by atoms with van der Waals surface area (Å²) < 4.78 is 27.2. The second-order valence-electron chi connectivity index (χ2n) is 4.40. The largest absolute Gasteiger partial charge is 0.273 e. The van der Waals surface area contributed by atoms with Crippen molar-refractivity contribution >= 4 is 0 Å².